The van der Waals surface area contributed by atoms with Gasteiger partial charge < -0.3 is 9.88 Å². The maximum absolute atomic E-state index is 4.69. The van der Waals surface area contributed by atoms with Gasteiger partial charge in [0, 0.05) is 18.8 Å². The van der Waals surface area contributed by atoms with Crippen molar-refractivity contribution in [2.75, 3.05) is 11.9 Å². The van der Waals surface area contributed by atoms with Crippen molar-refractivity contribution in [2.45, 2.75) is 72.8 Å². The molecule has 1 saturated carbocycles. The Kier molecular flexibility index (Phi) is 4.77. The van der Waals surface area contributed by atoms with Gasteiger partial charge in [0.2, 0.25) is 5.95 Å². The molecule has 0 radical (unpaired) electrons. The SMILES string of the molecule is Cc1cn(C2CCCCC2)c(NCC(C)C(C)(C)C)n1. The Morgan fingerprint density at radius 2 is 1.95 bits per heavy atom. The van der Waals surface area contributed by atoms with Gasteiger partial charge in [-0.2, -0.15) is 0 Å². The molecule has 1 aliphatic rings. The molecule has 0 bridgehead atoms. The van der Waals surface area contributed by atoms with Crippen LogP contribution in [0.2, 0.25) is 0 Å². The van der Waals surface area contributed by atoms with Crippen LogP contribution in [-0.2, 0) is 0 Å². The first-order valence-electron chi connectivity index (χ1n) is 8.17. The van der Waals surface area contributed by atoms with Crippen molar-refractivity contribution in [3.63, 3.8) is 0 Å². The maximum atomic E-state index is 4.69. The second-order valence-electron chi connectivity index (χ2n) is 7.55. The maximum Gasteiger partial charge on any atom is 0.203 e. The lowest BCUT2D eigenvalue weighted by Crippen LogP contribution is -2.26. The molecular weight excluding hydrogens is 246 g/mol. The number of hydrogen-bond acceptors (Lipinski definition) is 2. The molecule has 2 rings (SSSR count). The van der Waals surface area contributed by atoms with E-state index in [1.807, 2.05) is 0 Å². The number of nitrogens with zero attached hydrogens (tertiary/aromatic N) is 2. The van der Waals surface area contributed by atoms with Gasteiger partial charge >= 0.3 is 0 Å². The number of hydrogen-bond donors (Lipinski definition) is 1. The zero-order chi connectivity index (χ0) is 14.8. The van der Waals surface area contributed by atoms with Crippen molar-refractivity contribution < 1.29 is 0 Å². The van der Waals surface area contributed by atoms with Crippen molar-refractivity contribution in [3.05, 3.63) is 11.9 Å². The molecule has 114 valence electrons. The number of anilines is 1. The molecule has 1 atom stereocenters. The first kappa shape index (κ1) is 15.4. The highest BCUT2D eigenvalue weighted by Gasteiger charge is 2.22. The van der Waals surface area contributed by atoms with Gasteiger partial charge in [0.25, 0.3) is 0 Å². The molecule has 1 aromatic rings. The average molecular weight is 277 g/mol. The number of rotatable bonds is 4. The molecule has 0 aliphatic heterocycles. The summed E-state index contributed by atoms with van der Waals surface area (Å²) in [4.78, 5) is 4.69. The van der Waals surface area contributed by atoms with E-state index in [0.717, 1.165) is 18.2 Å². The summed E-state index contributed by atoms with van der Waals surface area (Å²) in [5.74, 6) is 1.70. The summed E-state index contributed by atoms with van der Waals surface area (Å²) in [5, 5.41) is 3.59. The van der Waals surface area contributed by atoms with Gasteiger partial charge in [0.15, 0.2) is 0 Å². The number of aromatic nitrogens is 2. The smallest absolute Gasteiger partial charge is 0.203 e. The lowest BCUT2D eigenvalue weighted by molar-refractivity contribution is 0.273. The van der Waals surface area contributed by atoms with Crippen LogP contribution >= 0.6 is 0 Å². The fourth-order valence-corrected chi connectivity index (χ4v) is 2.84. The van der Waals surface area contributed by atoms with E-state index >= 15 is 0 Å². The Bertz CT molecular complexity index is 422. The van der Waals surface area contributed by atoms with Gasteiger partial charge in [0.05, 0.1) is 5.69 Å². The summed E-state index contributed by atoms with van der Waals surface area (Å²) in [6.45, 7) is 12.3. The van der Waals surface area contributed by atoms with Gasteiger partial charge in [-0.3, -0.25) is 0 Å². The fourth-order valence-electron chi connectivity index (χ4n) is 2.84. The van der Waals surface area contributed by atoms with Crippen molar-refractivity contribution in [3.8, 4) is 0 Å². The predicted octanol–water partition coefficient (Wildman–Crippen LogP) is 4.79. The highest BCUT2D eigenvalue weighted by atomic mass is 15.2. The van der Waals surface area contributed by atoms with E-state index in [1.54, 1.807) is 0 Å². The third-order valence-corrected chi connectivity index (χ3v) is 4.87. The van der Waals surface area contributed by atoms with Crippen LogP contribution in [0.3, 0.4) is 0 Å². The van der Waals surface area contributed by atoms with Crippen LogP contribution in [0.25, 0.3) is 0 Å². The van der Waals surface area contributed by atoms with E-state index < -0.39 is 0 Å². The van der Waals surface area contributed by atoms with E-state index in [-0.39, 0.29) is 0 Å². The van der Waals surface area contributed by atoms with E-state index in [9.17, 15) is 0 Å². The number of nitrogens with one attached hydrogen (secondary N) is 1. The van der Waals surface area contributed by atoms with Crippen molar-refractivity contribution in [1.82, 2.24) is 9.55 Å². The number of aryl methyl sites for hydroxylation is 1. The third-order valence-electron chi connectivity index (χ3n) is 4.87. The predicted molar refractivity (Wildman–Crippen MR) is 86.2 cm³/mol. The lowest BCUT2D eigenvalue weighted by Gasteiger charge is -2.29. The summed E-state index contributed by atoms with van der Waals surface area (Å²) >= 11 is 0. The molecule has 1 heterocycles. The molecule has 20 heavy (non-hydrogen) atoms. The third kappa shape index (κ3) is 3.77. The molecule has 0 saturated heterocycles. The molecule has 0 spiro atoms. The normalized spacial score (nSPS) is 19.1. The van der Waals surface area contributed by atoms with Crippen molar-refractivity contribution >= 4 is 5.95 Å². The monoisotopic (exact) mass is 277 g/mol. The van der Waals surface area contributed by atoms with E-state index in [0.29, 0.717) is 17.4 Å². The fraction of sp³-hybridized carbons (Fsp3) is 0.824. The second-order valence-corrected chi connectivity index (χ2v) is 7.55. The zero-order valence-electron chi connectivity index (χ0n) is 13.9. The Balaban J connectivity index is 2.04. The van der Waals surface area contributed by atoms with E-state index in [4.69, 9.17) is 4.98 Å². The minimum atomic E-state index is 0.338. The summed E-state index contributed by atoms with van der Waals surface area (Å²) in [5.41, 5.74) is 1.46. The molecular formula is C17H31N3. The van der Waals surface area contributed by atoms with Crippen LogP contribution in [0.5, 0.6) is 0 Å². The van der Waals surface area contributed by atoms with E-state index in [1.165, 1.54) is 32.1 Å². The molecule has 1 N–H and O–H groups in total. The Labute approximate surface area is 124 Å². The van der Waals surface area contributed by atoms with Crippen LogP contribution in [0.1, 0.15) is 71.5 Å². The highest BCUT2D eigenvalue weighted by Crippen LogP contribution is 2.31. The average Bonchev–Trinajstić information content (AvgIpc) is 2.77. The van der Waals surface area contributed by atoms with Crippen LogP contribution in [0, 0.1) is 18.3 Å². The van der Waals surface area contributed by atoms with Crippen LogP contribution in [-0.4, -0.2) is 16.1 Å². The van der Waals surface area contributed by atoms with Gasteiger partial charge in [0.1, 0.15) is 0 Å². The second kappa shape index (κ2) is 6.19. The van der Waals surface area contributed by atoms with Gasteiger partial charge in [-0.05, 0) is 31.1 Å². The quantitative estimate of drug-likeness (QED) is 0.857. The Hall–Kier alpha value is -0.990. The summed E-state index contributed by atoms with van der Waals surface area (Å²) < 4.78 is 2.39. The molecule has 1 fully saturated rings. The standard InChI is InChI=1S/C17H31N3/c1-13(17(3,4)5)11-18-16-19-14(2)12-20(16)15-9-7-6-8-10-15/h12-13,15H,6-11H2,1-5H3,(H,18,19). The van der Waals surface area contributed by atoms with Crippen molar-refractivity contribution in [2.24, 2.45) is 11.3 Å². The molecule has 3 heteroatoms. The Morgan fingerprint density at radius 1 is 1.30 bits per heavy atom. The van der Waals surface area contributed by atoms with Crippen LogP contribution in [0.4, 0.5) is 5.95 Å². The first-order valence-corrected chi connectivity index (χ1v) is 8.17. The highest BCUT2D eigenvalue weighted by molar-refractivity contribution is 5.30. The minimum absolute atomic E-state index is 0.338. The lowest BCUT2D eigenvalue weighted by atomic mass is 9.82. The largest absolute Gasteiger partial charge is 0.355 e. The minimum Gasteiger partial charge on any atom is -0.355 e. The molecule has 1 unspecified atom stereocenters. The van der Waals surface area contributed by atoms with Gasteiger partial charge in [-0.15, -0.1) is 0 Å². The van der Waals surface area contributed by atoms with Crippen LogP contribution in [0.15, 0.2) is 6.20 Å². The first-order chi connectivity index (χ1) is 9.38. The summed E-state index contributed by atoms with van der Waals surface area (Å²) in [6.07, 6.45) is 8.95. The summed E-state index contributed by atoms with van der Waals surface area (Å²) in [6, 6.07) is 0.650. The van der Waals surface area contributed by atoms with E-state index in [2.05, 4.69) is 50.7 Å². The Morgan fingerprint density at radius 3 is 2.55 bits per heavy atom. The molecule has 3 nitrogen and oxygen atoms in total. The zero-order valence-corrected chi connectivity index (χ0v) is 13.9. The topological polar surface area (TPSA) is 29.9 Å². The van der Waals surface area contributed by atoms with Crippen molar-refractivity contribution in [1.29, 1.82) is 0 Å². The van der Waals surface area contributed by atoms with Gasteiger partial charge in [-0.1, -0.05) is 47.0 Å². The van der Waals surface area contributed by atoms with Crippen LogP contribution < -0.4 is 5.32 Å². The van der Waals surface area contributed by atoms with Gasteiger partial charge in [-0.25, -0.2) is 4.98 Å². The molecule has 1 aliphatic carbocycles. The summed E-state index contributed by atoms with van der Waals surface area (Å²) in [7, 11) is 0. The molecule has 0 amide bonds. The molecule has 1 aromatic heterocycles. The molecule has 0 aromatic carbocycles. The number of imidazole rings is 1.